The molecule has 2 heterocycles. The summed E-state index contributed by atoms with van der Waals surface area (Å²) < 4.78 is 19.9. The molecule has 0 fully saturated rings. The third-order valence-electron chi connectivity index (χ3n) is 4.92. The molecule has 1 amide bonds. The predicted octanol–water partition coefficient (Wildman–Crippen LogP) is 5.73. The third kappa shape index (κ3) is 4.51. The number of hydrogen-bond acceptors (Lipinski definition) is 5. The summed E-state index contributed by atoms with van der Waals surface area (Å²) in [4.78, 5) is 18.5. The van der Waals surface area contributed by atoms with Crippen molar-refractivity contribution in [3.63, 3.8) is 0 Å². The number of ether oxygens (including phenoxy) is 1. The zero-order chi connectivity index (χ0) is 22.8. The highest BCUT2D eigenvalue weighted by molar-refractivity contribution is 7.16. The molecule has 0 atom stereocenters. The van der Waals surface area contributed by atoms with Crippen molar-refractivity contribution < 1.29 is 13.9 Å². The Morgan fingerprint density at radius 2 is 1.84 bits per heavy atom. The van der Waals surface area contributed by atoms with Crippen molar-refractivity contribution >= 4 is 34.0 Å². The van der Waals surface area contributed by atoms with Crippen LogP contribution in [-0.4, -0.2) is 27.8 Å². The minimum absolute atomic E-state index is 0.216. The van der Waals surface area contributed by atoms with Gasteiger partial charge in [0.2, 0.25) is 0 Å². The van der Waals surface area contributed by atoms with Crippen molar-refractivity contribution in [2.45, 2.75) is 20.4 Å². The Morgan fingerprint density at radius 3 is 2.50 bits per heavy atom. The number of nitrogens with zero attached hydrogens (tertiary/aromatic N) is 3. The molecule has 0 bridgehead atoms. The molecule has 2 aromatic heterocycles. The smallest absolute Gasteiger partial charge is 0.262 e. The summed E-state index contributed by atoms with van der Waals surface area (Å²) in [5, 5.41) is 7.90. The summed E-state index contributed by atoms with van der Waals surface area (Å²) in [6.45, 7) is 3.99. The van der Waals surface area contributed by atoms with Crippen LogP contribution in [0.5, 0.6) is 5.75 Å². The maximum Gasteiger partial charge on any atom is 0.262 e. The topological polar surface area (TPSA) is 69.0 Å². The van der Waals surface area contributed by atoms with E-state index in [1.165, 1.54) is 28.2 Å². The highest BCUT2D eigenvalue weighted by Gasteiger charge is 2.22. The molecule has 6 nitrogen and oxygen atoms in total. The van der Waals surface area contributed by atoms with Gasteiger partial charge in [-0.25, -0.2) is 14.1 Å². The van der Waals surface area contributed by atoms with E-state index in [0.717, 1.165) is 27.4 Å². The van der Waals surface area contributed by atoms with Gasteiger partial charge in [0, 0.05) is 10.4 Å². The lowest BCUT2D eigenvalue weighted by Gasteiger charge is -2.04. The van der Waals surface area contributed by atoms with Gasteiger partial charge in [-0.15, -0.1) is 11.3 Å². The van der Waals surface area contributed by atoms with Crippen LogP contribution in [0.4, 0.5) is 9.52 Å². The van der Waals surface area contributed by atoms with Crippen LogP contribution in [0.1, 0.15) is 26.5 Å². The number of amides is 1. The largest absolute Gasteiger partial charge is 0.497 e. The van der Waals surface area contributed by atoms with Crippen LogP contribution in [0.25, 0.3) is 11.3 Å². The second-order valence-corrected chi connectivity index (χ2v) is 8.70. The highest BCUT2D eigenvalue weighted by atomic mass is 35.5. The van der Waals surface area contributed by atoms with Crippen LogP contribution >= 0.6 is 22.9 Å². The summed E-state index contributed by atoms with van der Waals surface area (Å²) in [5.74, 6) is 0.0649. The molecule has 4 aromatic rings. The minimum Gasteiger partial charge on any atom is -0.497 e. The Hall–Kier alpha value is -3.23. The number of aryl methyl sites for hydroxylation is 2. The molecule has 164 valence electrons. The highest BCUT2D eigenvalue weighted by Crippen LogP contribution is 2.32. The van der Waals surface area contributed by atoms with E-state index in [9.17, 15) is 9.18 Å². The Labute approximate surface area is 193 Å². The molecule has 0 saturated heterocycles. The van der Waals surface area contributed by atoms with E-state index in [4.69, 9.17) is 16.3 Å². The van der Waals surface area contributed by atoms with Crippen molar-refractivity contribution in [2.75, 3.05) is 12.4 Å². The van der Waals surface area contributed by atoms with Crippen LogP contribution < -0.4 is 10.1 Å². The number of methoxy groups -OCH3 is 1. The van der Waals surface area contributed by atoms with E-state index < -0.39 is 0 Å². The zero-order valence-corrected chi connectivity index (χ0v) is 19.2. The second kappa shape index (κ2) is 9.10. The van der Waals surface area contributed by atoms with E-state index >= 15 is 0 Å². The molecule has 0 aliphatic carbocycles. The summed E-state index contributed by atoms with van der Waals surface area (Å²) in [6, 6.07) is 13.6. The fourth-order valence-electron chi connectivity index (χ4n) is 3.31. The predicted molar refractivity (Wildman–Crippen MR) is 124 cm³/mol. The van der Waals surface area contributed by atoms with E-state index in [0.29, 0.717) is 17.4 Å². The van der Waals surface area contributed by atoms with Crippen molar-refractivity contribution in [1.29, 1.82) is 0 Å². The molecule has 9 heteroatoms. The molecule has 0 aliphatic heterocycles. The van der Waals surface area contributed by atoms with Crippen molar-refractivity contribution in [1.82, 2.24) is 14.8 Å². The maximum absolute atomic E-state index is 13.1. The van der Waals surface area contributed by atoms with Crippen molar-refractivity contribution in [3.05, 3.63) is 81.2 Å². The first-order chi connectivity index (χ1) is 15.4. The number of halogens is 2. The van der Waals surface area contributed by atoms with Gasteiger partial charge in [-0.05, 0) is 55.8 Å². The quantitative estimate of drug-likeness (QED) is 0.391. The number of hydrogen-bond donors (Lipinski definition) is 1. The number of anilines is 1. The van der Waals surface area contributed by atoms with Gasteiger partial charge in [0.15, 0.2) is 5.13 Å². The Bertz CT molecular complexity index is 1270. The fraction of sp³-hybridized carbons (Fsp3) is 0.174. The normalized spacial score (nSPS) is 10.9. The molecule has 32 heavy (non-hydrogen) atoms. The lowest BCUT2D eigenvalue weighted by molar-refractivity contribution is 0.102. The molecule has 0 radical (unpaired) electrons. The van der Waals surface area contributed by atoms with Gasteiger partial charge in [0.1, 0.15) is 16.7 Å². The molecule has 0 aliphatic rings. The lowest BCUT2D eigenvalue weighted by Crippen LogP contribution is -2.13. The van der Waals surface area contributed by atoms with Crippen molar-refractivity contribution in [3.8, 4) is 17.0 Å². The molecular formula is C23H20ClFN4O2S. The van der Waals surface area contributed by atoms with Crippen molar-refractivity contribution in [2.24, 2.45) is 0 Å². The first-order valence-corrected chi connectivity index (χ1v) is 11.0. The van der Waals surface area contributed by atoms with Gasteiger partial charge >= 0.3 is 0 Å². The van der Waals surface area contributed by atoms with Gasteiger partial charge in [0.25, 0.3) is 5.91 Å². The average molecular weight is 471 g/mol. The van der Waals surface area contributed by atoms with Gasteiger partial charge in [0.05, 0.1) is 30.6 Å². The summed E-state index contributed by atoms with van der Waals surface area (Å²) in [5.41, 5.74) is 3.33. The van der Waals surface area contributed by atoms with E-state index in [-0.39, 0.29) is 22.4 Å². The zero-order valence-electron chi connectivity index (χ0n) is 17.6. The summed E-state index contributed by atoms with van der Waals surface area (Å²) in [7, 11) is 1.62. The molecule has 2 aromatic carbocycles. The monoisotopic (exact) mass is 470 g/mol. The van der Waals surface area contributed by atoms with E-state index in [1.54, 1.807) is 26.2 Å². The Kier molecular flexibility index (Phi) is 6.25. The first-order valence-electron chi connectivity index (χ1n) is 9.76. The molecule has 4 rings (SSSR count). The van der Waals surface area contributed by atoms with Crippen LogP contribution in [0.2, 0.25) is 5.15 Å². The van der Waals surface area contributed by atoms with Crippen LogP contribution in [0, 0.1) is 19.7 Å². The minimum atomic E-state index is -0.382. The van der Waals surface area contributed by atoms with Gasteiger partial charge < -0.3 is 4.74 Å². The maximum atomic E-state index is 13.1. The fourth-order valence-corrected chi connectivity index (χ4v) is 4.46. The number of benzene rings is 2. The Morgan fingerprint density at radius 1 is 1.16 bits per heavy atom. The Balaban J connectivity index is 1.54. The number of nitrogens with one attached hydrogen (secondary N) is 1. The van der Waals surface area contributed by atoms with Gasteiger partial charge in [-0.2, -0.15) is 5.10 Å². The average Bonchev–Trinajstić information content (AvgIpc) is 3.27. The number of carbonyl (C=O) groups is 1. The van der Waals surface area contributed by atoms with E-state index in [2.05, 4.69) is 15.4 Å². The standard InChI is InChI=1S/C23H20ClFN4O2S/c1-13-19(21(24)29(28-13)12-15-4-8-17(25)9-5-15)22(30)27-23-26-20(14(2)32-23)16-6-10-18(31-3)11-7-16/h4-11H,12H2,1-3H3,(H,26,27,30). The lowest BCUT2D eigenvalue weighted by atomic mass is 10.1. The number of thiazole rings is 1. The molecule has 1 N–H and O–H groups in total. The molecular weight excluding hydrogens is 451 g/mol. The van der Waals surface area contributed by atoms with Crippen LogP contribution in [0.3, 0.4) is 0 Å². The van der Waals surface area contributed by atoms with Crippen LogP contribution in [0.15, 0.2) is 48.5 Å². The van der Waals surface area contributed by atoms with Gasteiger partial charge in [-0.1, -0.05) is 23.7 Å². The second-order valence-electron chi connectivity index (χ2n) is 7.14. The van der Waals surface area contributed by atoms with Crippen LogP contribution in [-0.2, 0) is 6.54 Å². The SMILES string of the molecule is COc1ccc(-c2nc(NC(=O)c3c(C)nn(Cc4ccc(F)cc4)c3Cl)sc2C)cc1. The summed E-state index contributed by atoms with van der Waals surface area (Å²) >= 11 is 7.85. The number of aromatic nitrogens is 3. The van der Waals surface area contributed by atoms with E-state index in [1.807, 2.05) is 31.2 Å². The molecule has 0 spiro atoms. The number of carbonyl (C=O) groups excluding carboxylic acids is 1. The third-order valence-corrected chi connectivity index (χ3v) is 6.19. The van der Waals surface area contributed by atoms with Gasteiger partial charge in [-0.3, -0.25) is 10.1 Å². The number of rotatable bonds is 6. The first kappa shape index (κ1) is 22.0. The molecule has 0 unspecified atom stereocenters. The summed E-state index contributed by atoms with van der Waals surface area (Å²) in [6.07, 6.45) is 0. The molecule has 0 saturated carbocycles.